The standard InChI is InChI=1S/C19H25ClN2O5S/c1-2-27-18(24)22-13-11-21(12-14-22)17(23)19(9-3-4-10-19)28(25,26)16-7-5-15(20)6-8-16/h5-8H,2-4,9-14H2,1H3. The monoisotopic (exact) mass is 428 g/mol. The fraction of sp³-hybridized carbons (Fsp3) is 0.579. The zero-order chi connectivity index (χ0) is 20.4. The molecule has 0 bridgehead atoms. The van der Waals surface area contributed by atoms with Crippen LogP contribution in [0.3, 0.4) is 0 Å². The van der Waals surface area contributed by atoms with Crippen molar-refractivity contribution in [3.63, 3.8) is 0 Å². The fourth-order valence-corrected chi connectivity index (χ4v) is 6.23. The summed E-state index contributed by atoms with van der Waals surface area (Å²) in [6.45, 7) is 3.30. The Kier molecular flexibility index (Phi) is 6.19. The molecule has 1 aromatic carbocycles. The molecule has 0 spiro atoms. The van der Waals surface area contributed by atoms with Gasteiger partial charge < -0.3 is 14.5 Å². The molecule has 154 valence electrons. The Morgan fingerprint density at radius 3 is 2.11 bits per heavy atom. The Morgan fingerprint density at radius 1 is 1.04 bits per heavy atom. The normalized spacial score (nSPS) is 19.5. The molecule has 1 aliphatic heterocycles. The summed E-state index contributed by atoms with van der Waals surface area (Å²) in [5.74, 6) is -0.358. The van der Waals surface area contributed by atoms with Crippen molar-refractivity contribution in [1.29, 1.82) is 0 Å². The van der Waals surface area contributed by atoms with Crippen LogP contribution < -0.4 is 0 Å². The highest BCUT2D eigenvalue weighted by molar-refractivity contribution is 7.93. The zero-order valence-electron chi connectivity index (χ0n) is 15.9. The molecule has 7 nitrogen and oxygen atoms in total. The predicted octanol–water partition coefficient (Wildman–Crippen LogP) is 2.73. The van der Waals surface area contributed by atoms with Crippen molar-refractivity contribution in [2.75, 3.05) is 32.8 Å². The number of piperazine rings is 1. The van der Waals surface area contributed by atoms with Crippen molar-refractivity contribution in [1.82, 2.24) is 9.80 Å². The quantitative estimate of drug-likeness (QED) is 0.736. The van der Waals surface area contributed by atoms with Gasteiger partial charge in [-0.05, 0) is 44.0 Å². The molecule has 0 N–H and O–H groups in total. The predicted molar refractivity (Wildman–Crippen MR) is 105 cm³/mol. The number of carbonyl (C=O) groups excluding carboxylic acids is 2. The molecule has 2 fully saturated rings. The van der Waals surface area contributed by atoms with Crippen molar-refractivity contribution in [2.45, 2.75) is 42.2 Å². The van der Waals surface area contributed by atoms with Crippen LogP contribution in [0.1, 0.15) is 32.6 Å². The number of hydrogen-bond acceptors (Lipinski definition) is 5. The Labute approximate surface area is 170 Å². The number of amides is 2. The highest BCUT2D eigenvalue weighted by atomic mass is 35.5. The summed E-state index contributed by atoms with van der Waals surface area (Å²) in [4.78, 5) is 28.5. The van der Waals surface area contributed by atoms with Gasteiger partial charge in [-0.1, -0.05) is 24.4 Å². The summed E-state index contributed by atoms with van der Waals surface area (Å²) >= 11 is 5.89. The first-order chi connectivity index (χ1) is 13.3. The Bertz CT molecular complexity index is 826. The van der Waals surface area contributed by atoms with Crippen LogP contribution in [0, 0.1) is 0 Å². The second-order valence-electron chi connectivity index (χ2n) is 7.14. The van der Waals surface area contributed by atoms with E-state index in [0.29, 0.717) is 63.5 Å². The molecule has 1 heterocycles. The average molecular weight is 429 g/mol. The van der Waals surface area contributed by atoms with Gasteiger partial charge >= 0.3 is 6.09 Å². The van der Waals surface area contributed by atoms with Gasteiger partial charge in [-0.2, -0.15) is 0 Å². The lowest BCUT2D eigenvalue weighted by atomic mass is 10.0. The van der Waals surface area contributed by atoms with Gasteiger partial charge in [0.15, 0.2) is 14.6 Å². The van der Waals surface area contributed by atoms with Crippen LogP contribution in [0.5, 0.6) is 0 Å². The van der Waals surface area contributed by atoms with Crippen molar-refractivity contribution < 1.29 is 22.7 Å². The van der Waals surface area contributed by atoms with Crippen LogP contribution in [-0.2, 0) is 19.4 Å². The number of rotatable bonds is 4. The van der Waals surface area contributed by atoms with Crippen molar-refractivity contribution >= 4 is 33.4 Å². The van der Waals surface area contributed by atoms with Gasteiger partial charge in [-0.15, -0.1) is 0 Å². The largest absolute Gasteiger partial charge is 0.450 e. The van der Waals surface area contributed by atoms with Crippen LogP contribution in [-0.4, -0.2) is 67.8 Å². The molecular formula is C19H25ClN2O5S. The highest BCUT2D eigenvalue weighted by Crippen LogP contribution is 2.42. The molecule has 3 rings (SSSR count). The van der Waals surface area contributed by atoms with E-state index in [2.05, 4.69) is 0 Å². The van der Waals surface area contributed by atoms with Crippen molar-refractivity contribution in [3.05, 3.63) is 29.3 Å². The third-order valence-corrected chi connectivity index (χ3v) is 8.29. The summed E-state index contributed by atoms with van der Waals surface area (Å²) in [6.07, 6.45) is 1.62. The first-order valence-corrected chi connectivity index (χ1v) is 11.4. The summed E-state index contributed by atoms with van der Waals surface area (Å²) in [5.41, 5.74) is 0. The number of carbonyl (C=O) groups is 2. The van der Waals surface area contributed by atoms with Crippen LogP contribution in [0.2, 0.25) is 5.02 Å². The molecular weight excluding hydrogens is 404 g/mol. The highest BCUT2D eigenvalue weighted by Gasteiger charge is 2.54. The first-order valence-electron chi connectivity index (χ1n) is 9.53. The van der Waals surface area contributed by atoms with Gasteiger partial charge in [-0.3, -0.25) is 4.79 Å². The molecule has 9 heteroatoms. The number of halogens is 1. The molecule has 1 aromatic rings. The van der Waals surface area contributed by atoms with E-state index < -0.39 is 20.7 Å². The molecule has 1 aliphatic carbocycles. The van der Waals surface area contributed by atoms with Crippen LogP contribution in [0.15, 0.2) is 29.2 Å². The lowest BCUT2D eigenvalue weighted by Crippen LogP contribution is -2.58. The number of hydrogen-bond donors (Lipinski definition) is 0. The molecule has 0 atom stereocenters. The van der Waals surface area contributed by atoms with E-state index in [1.807, 2.05) is 0 Å². The van der Waals surface area contributed by atoms with Gasteiger partial charge in [-0.25, -0.2) is 13.2 Å². The molecule has 0 unspecified atom stereocenters. The van der Waals surface area contributed by atoms with Gasteiger partial charge in [0, 0.05) is 31.2 Å². The van der Waals surface area contributed by atoms with Gasteiger partial charge in [0.05, 0.1) is 11.5 Å². The fourth-order valence-electron chi connectivity index (χ4n) is 3.98. The maximum absolute atomic E-state index is 13.4. The van der Waals surface area contributed by atoms with Gasteiger partial charge in [0.25, 0.3) is 0 Å². The maximum Gasteiger partial charge on any atom is 0.409 e. The SMILES string of the molecule is CCOC(=O)N1CCN(C(=O)C2(S(=O)(=O)c3ccc(Cl)cc3)CCCC2)CC1. The average Bonchev–Trinajstić information content (AvgIpc) is 3.20. The topological polar surface area (TPSA) is 84.0 Å². The van der Waals surface area contributed by atoms with Crippen LogP contribution in [0.4, 0.5) is 4.79 Å². The maximum atomic E-state index is 13.4. The van der Waals surface area contributed by atoms with Crippen LogP contribution >= 0.6 is 11.6 Å². The number of nitrogens with zero attached hydrogens (tertiary/aromatic N) is 2. The van der Waals surface area contributed by atoms with Crippen LogP contribution in [0.25, 0.3) is 0 Å². The Morgan fingerprint density at radius 2 is 1.57 bits per heavy atom. The molecule has 2 aliphatic rings. The number of benzene rings is 1. The van der Waals surface area contributed by atoms with E-state index in [4.69, 9.17) is 16.3 Å². The lowest BCUT2D eigenvalue weighted by molar-refractivity contribution is -0.135. The van der Waals surface area contributed by atoms with Crippen molar-refractivity contribution in [3.8, 4) is 0 Å². The molecule has 0 radical (unpaired) electrons. The van der Waals surface area contributed by atoms with E-state index in [0.717, 1.165) is 0 Å². The molecule has 1 saturated heterocycles. The van der Waals surface area contributed by atoms with Gasteiger partial charge in [0.1, 0.15) is 0 Å². The summed E-state index contributed by atoms with van der Waals surface area (Å²) in [5, 5.41) is 0.445. The van der Waals surface area contributed by atoms with E-state index in [1.165, 1.54) is 24.3 Å². The summed E-state index contributed by atoms with van der Waals surface area (Å²) < 4.78 is 30.4. The van der Waals surface area contributed by atoms with Crippen molar-refractivity contribution in [2.24, 2.45) is 0 Å². The molecule has 1 saturated carbocycles. The lowest BCUT2D eigenvalue weighted by Gasteiger charge is -2.39. The minimum Gasteiger partial charge on any atom is -0.450 e. The third kappa shape index (κ3) is 3.72. The summed E-state index contributed by atoms with van der Waals surface area (Å²) in [7, 11) is -3.86. The zero-order valence-corrected chi connectivity index (χ0v) is 17.5. The Balaban J connectivity index is 1.81. The Hall–Kier alpha value is -1.80. The minimum absolute atomic E-state index is 0.123. The molecule has 2 amide bonds. The molecule has 0 aromatic heterocycles. The third-order valence-electron chi connectivity index (χ3n) is 5.53. The van der Waals surface area contributed by atoms with E-state index in [1.54, 1.807) is 16.7 Å². The minimum atomic E-state index is -3.86. The molecule has 28 heavy (non-hydrogen) atoms. The smallest absolute Gasteiger partial charge is 0.409 e. The first kappa shape index (κ1) is 20.9. The number of ether oxygens (including phenoxy) is 1. The van der Waals surface area contributed by atoms with E-state index in [9.17, 15) is 18.0 Å². The van der Waals surface area contributed by atoms with Gasteiger partial charge in [0.2, 0.25) is 5.91 Å². The summed E-state index contributed by atoms with van der Waals surface area (Å²) in [6, 6.07) is 5.98. The second-order valence-corrected chi connectivity index (χ2v) is 9.83. The number of sulfone groups is 1. The van der Waals surface area contributed by atoms with E-state index in [-0.39, 0.29) is 10.8 Å². The van der Waals surface area contributed by atoms with E-state index >= 15 is 0 Å². The second kappa shape index (κ2) is 8.29.